The van der Waals surface area contributed by atoms with Crippen molar-refractivity contribution in [3.63, 3.8) is 0 Å². The summed E-state index contributed by atoms with van der Waals surface area (Å²) in [4.78, 5) is 14.2. The molecule has 0 aliphatic carbocycles. The molecule has 0 aromatic heterocycles. The molecule has 90 valence electrons. The number of likely N-dealkylation sites (tertiary alicyclic amines) is 1. The van der Waals surface area contributed by atoms with Gasteiger partial charge in [-0.3, -0.25) is 4.18 Å². The van der Waals surface area contributed by atoms with Gasteiger partial charge in [0, 0.05) is 6.54 Å². The highest BCUT2D eigenvalue weighted by molar-refractivity contribution is 7.86. The number of nitrogens with one attached hydrogen (secondary N) is 1. The van der Waals surface area contributed by atoms with Gasteiger partial charge in [-0.05, 0) is 0 Å². The summed E-state index contributed by atoms with van der Waals surface area (Å²) in [5.41, 5.74) is 6.53. The predicted molar refractivity (Wildman–Crippen MR) is 47.8 cm³/mol. The van der Waals surface area contributed by atoms with Crippen LogP contribution in [0.1, 0.15) is 0 Å². The molecule has 1 fully saturated rings. The van der Waals surface area contributed by atoms with Gasteiger partial charge in [-0.15, -0.1) is 0 Å². The molecule has 2 unspecified atom stereocenters. The van der Waals surface area contributed by atoms with E-state index in [2.05, 4.69) is 14.2 Å². The first kappa shape index (κ1) is 12.6. The molecule has 0 radical (unpaired) electrons. The molecule has 0 bridgehead atoms. The Labute approximate surface area is 91.4 Å². The zero-order valence-corrected chi connectivity index (χ0v) is 9.18. The number of rotatable bonds is 3. The van der Waals surface area contributed by atoms with E-state index in [4.69, 9.17) is 5.53 Å². The Balaban J connectivity index is 2.81. The second-order valence-electron chi connectivity index (χ2n) is 3.29. The Morgan fingerprint density at radius 2 is 2.25 bits per heavy atom. The fraction of sp³-hybridized carbons (Fsp3) is 0.833. The van der Waals surface area contributed by atoms with E-state index in [1.807, 2.05) is 0 Å². The van der Waals surface area contributed by atoms with E-state index < -0.39 is 28.4 Å². The number of carbonyl (C=O) groups is 1. The van der Waals surface area contributed by atoms with Crippen LogP contribution in [0.4, 0.5) is 4.79 Å². The van der Waals surface area contributed by atoms with Gasteiger partial charge in [0.25, 0.3) is 10.1 Å². The van der Waals surface area contributed by atoms with Crippen molar-refractivity contribution >= 4 is 16.2 Å². The van der Waals surface area contributed by atoms with Crippen molar-refractivity contribution in [3.8, 4) is 0 Å². The van der Waals surface area contributed by atoms with Crippen molar-refractivity contribution in [1.29, 1.82) is 5.53 Å². The van der Waals surface area contributed by atoms with Gasteiger partial charge >= 0.3 is 0 Å². The summed E-state index contributed by atoms with van der Waals surface area (Å²) >= 11 is 0. The third-order valence-corrected chi connectivity index (χ3v) is 2.60. The minimum atomic E-state index is -3.71. The molecular weight excluding hydrogens is 240 g/mol. The standard InChI is InChI=1S/C6H10N4O5S/c1-16(13,14)15-5-3-10(6(11)12)2-4(5)8-9-7/h4-5,7H,2-3H2,1H3. The number of carboxylic acid groups (broad SMARTS) is 1. The molecule has 1 N–H and O–H groups in total. The van der Waals surface area contributed by atoms with Gasteiger partial charge in [0.1, 0.15) is 22.8 Å². The van der Waals surface area contributed by atoms with Gasteiger partial charge in [0.2, 0.25) is 4.91 Å². The lowest BCUT2D eigenvalue weighted by Gasteiger charge is -2.17. The molecule has 1 rings (SSSR count). The molecule has 16 heavy (non-hydrogen) atoms. The number of hydrogen-bond acceptors (Lipinski definition) is 7. The van der Waals surface area contributed by atoms with Crippen LogP contribution in [0, 0.1) is 5.53 Å². The van der Waals surface area contributed by atoms with Crippen LogP contribution in [0.3, 0.4) is 0 Å². The SMILES string of the molecule is CS(=O)(=O)OC1CN(C(=O)[O-])CC1N=[N+]=N. The average Bonchev–Trinajstić information content (AvgIpc) is 2.47. The van der Waals surface area contributed by atoms with Gasteiger partial charge in [0.15, 0.2) is 6.04 Å². The second kappa shape index (κ2) is 4.56. The Kier molecular flexibility index (Phi) is 3.58. The largest absolute Gasteiger partial charge is 0.530 e. The summed E-state index contributed by atoms with van der Waals surface area (Å²) in [6, 6.07) is -0.801. The Morgan fingerprint density at radius 1 is 1.62 bits per heavy atom. The lowest BCUT2D eigenvalue weighted by atomic mass is 10.2. The monoisotopic (exact) mass is 250 g/mol. The minimum Gasteiger partial charge on any atom is -0.530 e. The molecule has 2 atom stereocenters. The van der Waals surface area contributed by atoms with Crippen molar-refractivity contribution in [1.82, 2.24) is 9.81 Å². The molecule has 0 aromatic rings. The lowest BCUT2D eigenvalue weighted by Crippen LogP contribution is -2.40. The molecule has 1 aliphatic rings. The summed E-state index contributed by atoms with van der Waals surface area (Å²) in [6.45, 7) is -0.260. The number of carbonyl (C=O) groups excluding carboxylic acids is 1. The van der Waals surface area contributed by atoms with Gasteiger partial charge < -0.3 is 14.8 Å². The highest BCUT2D eigenvalue weighted by atomic mass is 32.2. The van der Waals surface area contributed by atoms with Crippen molar-refractivity contribution in [2.24, 2.45) is 5.11 Å². The molecule has 1 saturated heterocycles. The zero-order valence-electron chi connectivity index (χ0n) is 8.36. The van der Waals surface area contributed by atoms with E-state index in [0.717, 1.165) is 11.2 Å². The van der Waals surface area contributed by atoms with E-state index in [9.17, 15) is 18.3 Å². The maximum atomic E-state index is 10.9. The average molecular weight is 250 g/mol. The highest BCUT2D eigenvalue weighted by Gasteiger charge is 2.39. The number of nitrogens with zero attached hydrogens (tertiary/aromatic N) is 3. The minimum absolute atomic E-state index is 0.0924. The molecule has 10 heteroatoms. The van der Waals surface area contributed by atoms with Gasteiger partial charge in [-0.25, -0.2) is 0 Å². The molecule has 0 aromatic carbocycles. The zero-order chi connectivity index (χ0) is 12.3. The summed E-state index contributed by atoms with van der Waals surface area (Å²) < 4.78 is 26.4. The third-order valence-electron chi connectivity index (χ3n) is 2.00. The summed E-state index contributed by atoms with van der Waals surface area (Å²) in [6.07, 6.45) is -1.55. The van der Waals surface area contributed by atoms with Crippen LogP contribution >= 0.6 is 0 Å². The van der Waals surface area contributed by atoms with Crippen LogP contribution in [0.25, 0.3) is 0 Å². The quantitative estimate of drug-likeness (QED) is 0.347. The molecule has 1 heterocycles. The molecule has 1 amide bonds. The first-order valence-electron chi connectivity index (χ1n) is 4.24. The van der Waals surface area contributed by atoms with E-state index in [1.165, 1.54) is 0 Å². The normalized spacial score (nSPS) is 25.2. The Bertz CT molecular complexity index is 428. The smallest absolute Gasteiger partial charge is 0.264 e. The molecule has 0 saturated carbocycles. The van der Waals surface area contributed by atoms with Crippen molar-refractivity contribution in [2.45, 2.75) is 12.1 Å². The molecular formula is C6H10N4O5S. The van der Waals surface area contributed by atoms with E-state index in [0.29, 0.717) is 0 Å². The summed E-state index contributed by atoms with van der Waals surface area (Å²) in [5.74, 6) is 0. The molecule has 0 spiro atoms. The van der Waals surface area contributed by atoms with Crippen LogP contribution in [0.2, 0.25) is 0 Å². The van der Waals surface area contributed by atoms with E-state index in [1.54, 1.807) is 0 Å². The first-order valence-corrected chi connectivity index (χ1v) is 6.06. The van der Waals surface area contributed by atoms with Crippen molar-refractivity contribution in [3.05, 3.63) is 0 Å². The highest BCUT2D eigenvalue weighted by Crippen LogP contribution is 2.17. The maximum absolute atomic E-state index is 10.9. The maximum Gasteiger partial charge on any atom is 0.264 e. The fourth-order valence-electron chi connectivity index (χ4n) is 1.41. The topological polar surface area (TPSA) is 137 Å². The van der Waals surface area contributed by atoms with Crippen LogP contribution in [0.5, 0.6) is 0 Å². The number of hydrogen-bond donors (Lipinski definition) is 1. The third kappa shape index (κ3) is 3.26. The van der Waals surface area contributed by atoms with Crippen LogP contribution in [-0.4, -0.2) is 50.9 Å². The molecule has 1 aliphatic heterocycles. The second-order valence-corrected chi connectivity index (χ2v) is 4.89. The fourth-order valence-corrected chi connectivity index (χ4v) is 2.05. The van der Waals surface area contributed by atoms with Crippen molar-refractivity contribution < 1.29 is 22.5 Å². The van der Waals surface area contributed by atoms with Crippen LogP contribution in [-0.2, 0) is 14.3 Å². The van der Waals surface area contributed by atoms with Gasteiger partial charge in [0.05, 0.1) is 12.8 Å². The van der Waals surface area contributed by atoms with Gasteiger partial charge in [-0.2, -0.15) is 8.42 Å². The van der Waals surface area contributed by atoms with Crippen LogP contribution in [0.15, 0.2) is 5.11 Å². The van der Waals surface area contributed by atoms with E-state index in [-0.39, 0.29) is 13.1 Å². The summed E-state index contributed by atoms with van der Waals surface area (Å²) in [5, 5.41) is 13.9. The van der Waals surface area contributed by atoms with Crippen LogP contribution < -0.4 is 10.0 Å². The number of amides is 1. The first-order chi connectivity index (χ1) is 7.33. The van der Waals surface area contributed by atoms with Crippen molar-refractivity contribution in [2.75, 3.05) is 19.3 Å². The Hall–Kier alpha value is -1.51. The van der Waals surface area contributed by atoms with E-state index >= 15 is 0 Å². The van der Waals surface area contributed by atoms with Gasteiger partial charge in [-0.1, -0.05) is 0 Å². The molecule has 9 nitrogen and oxygen atoms in total. The Morgan fingerprint density at radius 3 is 2.69 bits per heavy atom. The lowest BCUT2D eigenvalue weighted by molar-refractivity contribution is -0.264. The summed E-state index contributed by atoms with van der Waals surface area (Å²) in [7, 11) is -3.71. The predicted octanol–water partition coefficient (Wildman–Crippen LogP) is -2.09.